The van der Waals surface area contributed by atoms with Gasteiger partial charge in [0.05, 0.1) is 43.2 Å². The molecule has 5 fully saturated rings. The summed E-state index contributed by atoms with van der Waals surface area (Å²) in [4.78, 5) is 89.3. The van der Waals surface area contributed by atoms with Gasteiger partial charge in [-0.1, -0.05) is 85.2 Å². The first kappa shape index (κ1) is 56.7. The third-order valence-corrected chi connectivity index (χ3v) is 16.1. The largest absolute Gasteiger partial charge is 0.464 e. The van der Waals surface area contributed by atoms with E-state index in [0.29, 0.717) is 32.4 Å². The van der Waals surface area contributed by atoms with Crippen molar-refractivity contribution in [2.24, 2.45) is 46.8 Å². The quantitative estimate of drug-likeness (QED) is 0.105. The molecular formula is C55H89N5O10. The number of nitrogens with one attached hydrogen (secondary N) is 2. The minimum Gasteiger partial charge on any atom is -0.464 e. The minimum absolute atomic E-state index is 0.0363. The number of likely N-dealkylation sites (N-methyl/N-ethyl adjacent to an activating group) is 2. The molecule has 0 spiro atoms. The van der Waals surface area contributed by atoms with Crippen LogP contribution in [0.1, 0.15) is 139 Å². The van der Waals surface area contributed by atoms with Crippen LogP contribution >= 0.6 is 0 Å². The Morgan fingerprint density at radius 1 is 0.814 bits per heavy atom. The molecule has 2 N–H and O–H groups in total. The minimum atomic E-state index is -0.945. The van der Waals surface area contributed by atoms with Crippen molar-refractivity contribution < 1.29 is 47.7 Å². The van der Waals surface area contributed by atoms with Gasteiger partial charge in [0.1, 0.15) is 23.7 Å². The van der Waals surface area contributed by atoms with Gasteiger partial charge in [-0.3, -0.25) is 24.1 Å². The molecule has 4 bridgehead atoms. The lowest BCUT2D eigenvalue weighted by atomic mass is 9.50. The van der Waals surface area contributed by atoms with Crippen molar-refractivity contribution in [1.82, 2.24) is 25.3 Å². The van der Waals surface area contributed by atoms with Crippen LogP contribution in [0, 0.1) is 46.8 Å². The summed E-state index contributed by atoms with van der Waals surface area (Å²) in [6, 6.07) is 5.91. The molecule has 9 atom stereocenters. The van der Waals surface area contributed by atoms with Gasteiger partial charge in [0.2, 0.25) is 23.6 Å². The Labute approximate surface area is 419 Å². The van der Waals surface area contributed by atoms with Crippen LogP contribution in [0.2, 0.25) is 0 Å². The zero-order valence-corrected chi connectivity index (χ0v) is 45.1. The molecule has 15 nitrogen and oxygen atoms in total. The molecule has 5 aliphatic rings. The predicted molar refractivity (Wildman–Crippen MR) is 269 cm³/mol. The van der Waals surface area contributed by atoms with Crippen LogP contribution in [0.15, 0.2) is 30.3 Å². The summed E-state index contributed by atoms with van der Waals surface area (Å²) in [5, 5.41) is 6.03. The molecule has 70 heavy (non-hydrogen) atoms. The van der Waals surface area contributed by atoms with Crippen LogP contribution in [0.5, 0.6) is 0 Å². The number of hydrogen-bond donors (Lipinski definition) is 2. The van der Waals surface area contributed by atoms with E-state index in [1.807, 2.05) is 71.9 Å². The predicted octanol–water partition coefficient (Wildman–Crippen LogP) is 7.43. The fraction of sp³-hybridized carbons (Fsp3) is 0.782. The van der Waals surface area contributed by atoms with Gasteiger partial charge in [-0.15, -0.1) is 0 Å². The van der Waals surface area contributed by atoms with Gasteiger partial charge in [0.15, 0.2) is 0 Å². The summed E-state index contributed by atoms with van der Waals surface area (Å²) in [7, 11) is 6.30. The smallest absolute Gasteiger partial charge is 0.410 e. The normalized spacial score (nSPS) is 25.3. The molecule has 1 saturated heterocycles. The van der Waals surface area contributed by atoms with Crippen LogP contribution in [-0.4, -0.2) is 140 Å². The number of benzene rings is 1. The van der Waals surface area contributed by atoms with Gasteiger partial charge in [-0.05, 0) is 113 Å². The highest BCUT2D eigenvalue weighted by Gasteiger charge is 2.52. The van der Waals surface area contributed by atoms with E-state index in [-0.39, 0.29) is 53.7 Å². The average Bonchev–Trinajstić information content (AvgIpc) is 3.78. The van der Waals surface area contributed by atoms with Gasteiger partial charge in [-0.2, -0.15) is 0 Å². The van der Waals surface area contributed by atoms with E-state index in [1.165, 1.54) is 31.2 Å². The summed E-state index contributed by atoms with van der Waals surface area (Å²) in [6.45, 7) is 19.3. The molecule has 0 aromatic heterocycles. The number of amides is 5. The van der Waals surface area contributed by atoms with Crippen molar-refractivity contribution in [3.63, 3.8) is 0 Å². The number of esters is 1. The topological polar surface area (TPSA) is 173 Å². The molecule has 15 heteroatoms. The monoisotopic (exact) mass is 980 g/mol. The first-order valence-corrected chi connectivity index (χ1v) is 26.3. The maximum absolute atomic E-state index is 14.6. The highest BCUT2D eigenvalue weighted by Crippen LogP contribution is 2.60. The number of carbonyl (C=O) groups is 6. The number of carbonyl (C=O) groups excluding carboxylic acids is 6. The van der Waals surface area contributed by atoms with E-state index >= 15 is 0 Å². The van der Waals surface area contributed by atoms with Crippen LogP contribution in [0.25, 0.3) is 0 Å². The average molecular weight is 980 g/mol. The number of nitrogens with zero attached hydrogens (tertiary/aromatic N) is 3. The summed E-state index contributed by atoms with van der Waals surface area (Å²) >= 11 is 0. The Hall–Kier alpha value is -4.24. The van der Waals surface area contributed by atoms with E-state index in [0.717, 1.165) is 42.6 Å². The van der Waals surface area contributed by atoms with Crippen molar-refractivity contribution in [3.05, 3.63) is 35.9 Å². The second-order valence-corrected chi connectivity index (χ2v) is 23.4. The standard InChI is InChI=1S/C55H89N5O10/c1-15-35(6)47(58(11)51(64)45(33(2)3)57-50(63)46(34(4)5)59(12)53(66)70-54(8,9)10)43(67-13)28-44(61)60-23-19-22-42(60)48(68-14)36(7)49(62)56-41(27-37-20-17-16-18-21-37)52(65)69-32-55-29-38-24-39(30-55)26-40(25-38)31-55/h16-18,20-21,33-36,38-43,45-48H,15,19,22-32H2,1-14H3,(H,56,62)(H,57,63)/t35-,36+,38?,39?,40?,41-,42-,43+,45-,46-,47-,48+,55?/m0/s1. The van der Waals surface area contributed by atoms with Gasteiger partial charge >= 0.3 is 12.1 Å². The van der Waals surface area contributed by atoms with Crippen molar-refractivity contribution in [2.45, 2.75) is 188 Å². The second kappa shape index (κ2) is 24.5. The molecule has 5 amide bonds. The van der Waals surface area contributed by atoms with Crippen LogP contribution in [0.4, 0.5) is 4.79 Å². The number of methoxy groups -OCH3 is 2. The molecule has 394 valence electrons. The van der Waals surface area contributed by atoms with E-state index in [9.17, 15) is 28.8 Å². The molecule has 0 unspecified atom stereocenters. The van der Waals surface area contributed by atoms with Gasteiger partial charge in [-0.25, -0.2) is 9.59 Å². The Morgan fingerprint density at radius 2 is 1.41 bits per heavy atom. The molecule has 1 heterocycles. The lowest BCUT2D eigenvalue weighted by Crippen LogP contribution is -2.60. The van der Waals surface area contributed by atoms with Crippen molar-refractivity contribution in [3.8, 4) is 0 Å². The Kier molecular flexibility index (Phi) is 19.8. The van der Waals surface area contributed by atoms with Crippen LogP contribution < -0.4 is 10.6 Å². The zero-order chi connectivity index (χ0) is 51.8. The molecule has 1 aliphatic heterocycles. The van der Waals surface area contributed by atoms with E-state index in [1.54, 1.807) is 58.8 Å². The number of rotatable bonds is 23. The molecule has 4 aliphatic carbocycles. The highest BCUT2D eigenvalue weighted by molar-refractivity contribution is 5.92. The number of likely N-dealkylation sites (tertiary alicyclic amines) is 1. The lowest BCUT2D eigenvalue weighted by Gasteiger charge is -2.56. The first-order valence-electron chi connectivity index (χ1n) is 26.3. The third-order valence-electron chi connectivity index (χ3n) is 16.1. The van der Waals surface area contributed by atoms with Crippen LogP contribution in [-0.2, 0) is 49.3 Å². The molecule has 6 rings (SSSR count). The Balaban J connectivity index is 1.27. The van der Waals surface area contributed by atoms with Crippen molar-refractivity contribution >= 4 is 35.7 Å². The molecular weight excluding hydrogens is 891 g/mol. The summed E-state index contributed by atoms with van der Waals surface area (Å²) < 4.78 is 23.9. The maximum Gasteiger partial charge on any atom is 0.410 e. The van der Waals surface area contributed by atoms with Gasteiger partial charge in [0, 0.05) is 46.7 Å². The number of ether oxygens (including phenoxy) is 4. The summed E-state index contributed by atoms with van der Waals surface area (Å²) in [6.07, 6.45) is 7.43. The molecule has 0 radical (unpaired) electrons. The van der Waals surface area contributed by atoms with Crippen molar-refractivity contribution in [1.29, 1.82) is 0 Å². The van der Waals surface area contributed by atoms with Gasteiger partial charge in [0.25, 0.3) is 0 Å². The lowest BCUT2D eigenvalue weighted by molar-refractivity contribution is -0.159. The summed E-state index contributed by atoms with van der Waals surface area (Å²) in [5.74, 6) is -1.06. The van der Waals surface area contributed by atoms with E-state index in [4.69, 9.17) is 18.9 Å². The maximum atomic E-state index is 14.6. The molecule has 1 aromatic rings. The Bertz CT molecular complexity index is 1900. The van der Waals surface area contributed by atoms with E-state index in [2.05, 4.69) is 10.6 Å². The third kappa shape index (κ3) is 14.0. The number of hydrogen-bond acceptors (Lipinski definition) is 10. The zero-order valence-electron chi connectivity index (χ0n) is 45.1. The SMILES string of the molecule is CC[C@H](C)[C@@H]([C@@H](CC(=O)N1CCC[C@H]1[C@H](OC)[C@@H](C)C(=O)N[C@@H](Cc1ccccc1)C(=O)OCC12CC3CC(CC(C3)C1)C2)OC)N(C)C(=O)[C@@H](NC(=O)[C@H](C(C)C)N(C)C(=O)OC(C)(C)C)C(C)C. The Morgan fingerprint density at radius 3 is 1.93 bits per heavy atom. The molecule has 4 saturated carbocycles. The molecule has 1 aromatic carbocycles. The van der Waals surface area contributed by atoms with E-state index < -0.39 is 71.9 Å². The first-order chi connectivity index (χ1) is 32.9. The van der Waals surface area contributed by atoms with Gasteiger partial charge < -0.3 is 39.4 Å². The fourth-order valence-corrected chi connectivity index (χ4v) is 12.8. The highest BCUT2D eigenvalue weighted by atomic mass is 16.6. The second-order valence-electron chi connectivity index (χ2n) is 23.4. The summed E-state index contributed by atoms with van der Waals surface area (Å²) in [5.41, 5.74) is 0.182. The van der Waals surface area contributed by atoms with Crippen molar-refractivity contribution in [2.75, 3.05) is 41.5 Å². The fourth-order valence-electron chi connectivity index (χ4n) is 12.8. The van der Waals surface area contributed by atoms with Crippen LogP contribution in [0.3, 0.4) is 0 Å².